The van der Waals surface area contributed by atoms with E-state index in [9.17, 15) is 0 Å². The van der Waals surface area contributed by atoms with Gasteiger partial charge in [-0.2, -0.15) is 0 Å². The van der Waals surface area contributed by atoms with Crippen LogP contribution in [0.5, 0.6) is 0 Å². The maximum absolute atomic E-state index is 4.74. The molecule has 3 heterocycles. The summed E-state index contributed by atoms with van der Waals surface area (Å²) >= 11 is 0. The Hall–Kier alpha value is -1.42. The van der Waals surface area contributed by atoms with Crippen molar-refractivity contribution in [3.05, 3.63) is 24.3 Å². The molecule has 17 heavy (non-hydrogen) atoms. The molecule has 0 saturated carbocycles. The Kier molecular flexibility index (Phi) is 2.59. The third-order valence-corrected chi connectivity index (χ3v) is 3.71. The van der Waals surface area contributed by atoms with Crippen molar-refractivity contribution in [2.75, 3.05) is 6.54 Å². The second kappa shape index (κ2) is 4.11. The number of hydrogen-bond acceptors (Lipinski definition) is 3. The van der Waals surface area contributed by atoms with E-state index >= 15 is 0 Å². The zero-order valence-corrected chi connectivity index (χ0v) is 10.3. The van der Waals surface area contributed by atoms with Gasteiger partial charge in [0.15, 0.2) is 0 Å². The topological polar surface area (TPSA) is 42.7 Å². The molecule has 1 N–H and O–H groups in total. The van der Waals surface area contributed by atoms with Crippen molar-refractivity contribution in [2.45, 2.75) is 31.7 Å². The molecule has 0 amide bonds. The minimum absolute atomic E-state index is 0.573. The Morgan fingerprint density at radius 3 is 3.12 bits per heavy atom. The summed E-state index contributed by atoms with van der Waals surface area (Å²) in [5.74, 6) is 1.78. The lowest BCUT2D eigenvalue weighted by Gasteiger charge is -2.27. The highest BCUT2D eigenvalue weighted by molar-refractivity contribution is 5.74. The molecule has 2 aromatic heterocycles. The number of nitrogens with one attached hydrogen (secondary N) is 1. The monoisotopic (exact) mass is 230 g/mol. The fraction of sp³-hybridized carbons (Fsp3) is 0.538. The van der Waals surface area contributed by atoms with Gasteiger partial charge in [-0.25, -0.2) is 4.98 Å². The number of pyridine rings is 1. The van der Waals surface area contributed by atoms with E-state index in [1.807, 2.05) is 18.5 Å². The first-order valence-electron chi connectivity index (χ1n) is 6.25. The number of nitrogens with zero attached hydrogens (tertiary/aromatic N) is 3. The van der Waals surface area contributed by atoms with Crippen LogP contribution in [-0.4, -0.2) is 27.1 Å². The Labute approximate surface area is 101 Å². The van der Waals surface area contributed by atoms with Gasteiger partial charge in [-0.1, -0.05) is 0 Å². The summed E-state index contributed by atoms with van der Waals surface area (Å²) in [5, 5.41) is 3.49. The second-order valence-corrected chi connectivity index (χ2v) is 4.97. The van der Waals surface area contributed by atoms with E-state index in [4.69, 9.17) is 4.98 Å². The average molecular weight is 230 g/mol. The smallest absolute Gasteiger partial charge is 0.112 e. The molecule has 0 radical (unpaired) electrons. The predicted molar refractivity (Wildman–Crippen MR) is 67.9 cm³/mol. The van der Waals surface area contributed by atoms with Crippen molar-refractivity contribution in [2.24, 2.45) is 7.05 Å². The molecule has 0 spiro atoms. The number of aromatic nitrogens is 3. The zero-order valence-electron chi connectivity index (χ0n) is 10.3. The fourth-order valence-corrected chi connectivity index (χ4v) is 2.80. The Morgan fingerprint density at radius 2 is 2.35 bits per heavy atom. The van der Waals surface area contributed by atoms with Gasteiger partial charge in [0, 0.05) is 25.2 Å². The minimum Gasteiger partial charge on any atom is -0.331 e. The van der Waals surface area contributed by atoms with Gasteiger partial charge in [0.05, 0.1) is 11.7 Å². The summed E-state index contributed by atoms with van der Waals surface area (Å²) in [6.45, 7) is 3.34. The summed E-state index contributed by atoms with van der Waals surface area (Å²) < 4.78 is 2.22. The van der Waals surface area contributed by atoms with Crippen LogP contribution in [0.3, 0.4) is 0 Å². The summed E-state index contributed by atoms with van der Waals surface area (Å²) in [6, 6.07) is 2.63. The molecule has 2 atom stereocenters. The first kappa shape index (κ1) is 10.7. The number of aryl methyl sites for hydroxylation is 1. The maximum atomic E-state index is 4.74. The zero-order chi connectivity index (χ0) is 11.8. The highest BCUT2D eigenvalue weighted by Gasteiger charge is 2.24. The number of imidazole rings is 1. The van der Waals surface area contributed by atoms with Gasteiger partial charge >= 0.3 is 0 Å². The lowest BCUT2D eigenvalue weighted by Crippen LogP contribution is -2.35. The van der Waals surface area contributed by atoms with E-state index in [1.165, 1.54) is 24.2 Å². The van der Waals surface area contributed by atoms with Crippen molar-refractivity contribution < 1.29 is 0 Å². The molecule has 2 aromatic rings. The Morgan fingerprint density at radius 1 is 1.47 bits per heavy atom. The molecular weight excluding hydrogens is 212 g/mol. The lowest BCUT2D eigenvalue weighted by molar-refractivity contribution is 0.367. The van der Waals surface area contributed by atoms with Crippen LogP contribution in [0.15, 0.2) is 18.5 Å². The van der Waals surface area contributed by atoms with Gasteiger partial charge in [0.2, 0.25) is 0 Å². The van der Waals surface area contributed by atoms with Crippen molar-refractivity contribution in [1.29, 1.82) is 0 Å². The average Bonchev–Trinajstić information content (AvgIpc) is 2.68. The lowest BCUT2D eigenvalue weighted by atomic mass is 9.92. The minimum atomic E-state index is 0.573. The number of piperidine rings is 1. The molecule has 0 bridgehead atoms. The van der Waals surface area contributed by atoms with E-state index in [-0.39, 0.29) is 0 Å². The van der Waals surface area contributed by atoms with Gasteiger partial charge in [0.25, 0.3) is 0 Å². The van der Waals surface area contributed by atoms with E-state index in [0.717, 1.165) is 12.1 Å². The quantitative estimate of drug-likeness (QED) is 0.812. The Balaban J connectivity index is 2.02. The van der Waals surface area contributed by atoms with Crippen LogP contribution in [0.1, 0.15) is 31.5 Å². The van der Waals surface area contributed by atoms with Gasteiger partial charge in [0.1, 0.15) is 11.3 Å². The summed E-state index contributed by atoms with van der Waals surface area (Å²) in [5.41, 5.74) is 2.19. The van der Waals surface area contributed by atoms with Gasteiger partial charge in [-0.15, -0.1) is 0 Å². The van der Waals surface area contributed by atoms with Crippen molar-refractivity contribution in [1.82, 2.24) is 19.9 Å². The highest BCUT2D eigenvalue weighted by atomic mass is 15.1. The van der Waals surface area contributed by atoms with E-state index in [0.29, 0.717) is 12.0 Å². The number of fused-ring (bicyclic) bond motifs is 1. The van der Waals surface area contributed by atoms with E-state index < -0.39 is 0 Å². The van der Waals surface area contributed by atoms with Crippen LogP contribution in [0, 0.1) is 0 Å². The summed E-state index contributed by atoms with van der Waals surface area (Å²) in [4.78, 5) is 8.88. The van der Waals surface area contributed by atoms with Gasteiger partial charge < -0.3 is 9.88 Å². The molecule has 0 aromatic carbocycles. The van der Waals surface area contributed by atoms with E-state index in [2.05, 4.69) is 28.8 Å². The molecule has 1 saturated heterocycles. The summed E-state index contributed by atoms with van der Waals surface area (Å²) in [6.07, 6.45) is 6.03. The third-order valence-electron chi connectivity index (χ3n) is 3.71. The maximum Gasteiger partial charge on any atom is 0.112 e. The van der Waals surface area contributed by atoms with Crippen LogP contribution in [0.25, 0.3) is 11.0 Å². The van der Waals surface area contributed by atoms with Crippen molar-refractivity contribution in [3.8, 4) is 0 Å². The largest absolute Gasteiger partial charge is 0.331 e. The number of hydrogen-bond donors (Lipinski definition) is 1. The molecule has 1 aliphatic rings. The molecule has 4 heteroatoms. The fourth-order valence-electron chi connectivity index (χ4n) is 2.80. The Bertz CT molecular complexity index is 531. The highest BCUT2D eigenvalue weighted by Crippen LogP contribution is 2.28. The molecule has 4 nitrogen and oxygen atoms in total. The van der Waals surface area contributed by atoms with Gasteiger partial charge in [-0.3, -0.25) is 4.98 Å². The standard InChI is InChI=1S/C13H18N4/c1-9-7-10(3-6-15-9)13-16-11-8-14-5-4-12(11)17(13)2/h4-5,8-10,15H,3,6-7H2,1-2H3. The van der Waals surface area contributed by atoms with Crippen LogP contribution >= 0.6 is 0 Å². The molecule has 0 aliphatic carbocycles. The van der Waals surface area contributed by atoms with Crippen LogP contribution < -0.4 is 5.32 Å². The van der Waals surface area contributed by atoms with E-state index in [1.54, 1.807) is 0 Å². The SMILES string of the molecule is CC1CC(c2nc3cnccc3n2C)CCN1. The molecule has 1 aliphatic heterocycles. The molecule has 2 unspecified atom stereocenters. The normalized spacial score (nSPS) is 25.3. The first-order chi connectivity index (χ1) is 8.25. The van der Waals surface area contributed by atoms with Crippen LogP contribution in [0.2, 0.25) is 0 Å². The molecular formula is C13H18N4. The summed E-state index contributed by atoms with van der Waals surface area (Å²) in [7, 11) is 2.11. The van der Waals surface area contributed by atoms with Crippen molar-refractivity contribution >= 4 is 11.0 Å². The number of rotatable bonds is 1. The second-order valence-electron chi connectivity index (χ2n) is 4.97. The van der Waals surface area contributed by atoms with Crippen LogP contribution in [-0.2, 0) is 7.05 Å². The first-order valence-corrected chi connectivity index (χ1v) is 6.25. The predicted octanol–water partition coefficient (Wildman–Crippen LogP) is 1.82. The van der Waals surface area contributed by atoms with Gasteiger partial charge in [-0.05, 0) is 32.4 Å². The van der Waals surface area contributed by atoms with Crippen LogP contribution in [0.4, 0.5) is 0 Å². The third kappa shape index (κ3) is 1.82. The molecule has 3 rings (SSSR count). The van der Waals surface area contributed by atoms with Crippen molar-refractivity contribution in [3.63, 3.8) is 0 Å². The molecule has 90 valence electrons. The molecule has 1 fully saturated rings.